The molecule has 1 N–H and O–H groups in total. The van der Waals surface area contributed by atoms with Gasteiger partial charge >= 0.3 is 13.1 Å². The first-order valence-corrected chi connectivity index (χ1v) is 3.93. The third kappa shape index (κ3) is 2.68. The third-order valence-corrected chi connectivity index (χ3v) is 1.44. The second-order valence-corrected chi connectivity index (χ2v) is 2.31. The minimum Gasteiger partial charge on any atom is -0.467 e. The van der Waals surface area contributed by atoms with Crippen molar-refractivity contribution in [3.63, 3.8) is 0 Å². The summed E-state index contributed by atoms with van der Waals surface area (Å²) in [6.07, 6.45) is 2.93. The molecule has 0 aliphatic carbocycles. The number of nitrogens with zero attached hydrogens (tertiary/aromatic N) is 2. The van der Waals surface area contributed by atoms with Crippen LogP contribution in [0, 0.1) is 0 Å². The maximum atomic E-state index is 9.34. The van der Waals surface area contributed by atoms with E-state index in [0.717, 1.165) is 0 Å². The van der Waals surface area contributed by atoms with Crippen LogP contribution >= 0.6 is 0 Å². The van der Waals surface area contributed by atoms with Gasteiger partial charge in [0.25, 0.3) is 0 Å². The molecule has 0 unspecified atom stereocenters. The van der Waals surface area contributed by atoms with E-state index in [0.29, 0.717) is 12.1 Å². The highest BCUT2D eigenvalue weighted by molar-refractivity contribution is 6.59. The Balaban J connectivity index is 2.67. The van der Waals surface area contributed by atoms with Crippen LogP contribution in [-0.2, 0) is 4.65 Å². The van der Waals surface area contributed by atoms with Crippen LogP contribution in [0.25, 0.3) is 0 Å². The van der Waals surface area contributed by atoms with Crippen molar-refractivity contribution in [2.24, 2.45) is 0 Å². The maximum absolute atomic E-state index is 9.34. The minimum atomic E-state index is -0.962. The summed E-state index contributed by atoms with van der Waals surface area (Å²) in [5, 5.41) is 9.34. The van der Waals surface area contributed by atoms with E-state index in [1.807, 2.05) is 0 Å². The molecule has 0 aliphatic heterocycles. The molecule has 0 fully saturated rings. The van der Waals surface area contributed by atoms with E-state index in [-0.39, 0.29) is 6.01 Å². The fraction of sp³-hybridized carbons (Fsp3) is 0.429. The smallest absolute Gasteiger partial charge is 0.467 e. The van der Waals surface area contributed by atoms with Gasteiger partial charge in [0, 0.05) is 24.5 Å². The van der Waals surface area contributed by atoms with Crippen molar-refractivity contribution in [1.29, 1.82) is 0 Å². The normalized spacial score (nSPS) is 9.77. The predicted octanol–water partition coefficient (Wildman–Crippen LogP) is -0.791. The molecule has 0 saturated heterocycles. The molecule has 1 rings (SSSR count). The number of aromatic nitrogens is 2. The van der Waals surface area contributed by atoms with E-state index in [1.54, 1.807) is 6.92 Å². The molecule has 0 amide bonds. The van der Waals surface area contributed by atoms with Crippen molar-refractivity contribution in [2.75, 3.05) is 13.7 Å². The molecule has 0 saturated carbocycles. The van der Waals surface area contributed by atoms with Crippen molar-refractivity contribution in [3.8, 4) is 6.01 Å². The molecule has 0 atom stereocenters. The van der Waals surface area contributed by atoms with E-state index in [4.69, 9.17) is 9.39 Å². The molecule has 0 spiro atoms. The Morgan fingerprint density at radius 1 is 1.46 bits per heavy atom. The number of rotatable bonds is 4. The first-order chi connectivity index (χ1) is 6.27. The monoisotopic (exact) mass is 182 g/mol. The quantitative estimate of drug-likeness (QED) is 0.618. The third-order valence-electron chi connectivity index (χ3n) is 1.44. The van der Waals surface area contributed by atoms with Gasteiger partial charge in [0.2, 0.25) is 0 Å². The zero-order valence-corrected chi connectivity index (χ0v) is 7.60. The lowest BCUT2D eigenvalue weighted by Crippen LogP contribution is -2.34. The summed E-state index contributed by atoms with van der Waals surface area (Å²) in [4.78, 5) is 7.65. The summed E-state index contributed by atoms with van der Waals surface area (Å²) in [6.45, 7) is 2.24. The fourth-order valence-corrected chi connectivity index (χ4v) is 0.813. The van der Waals surface area contributed by atoms with Gasteiger partial charge in [0.15, 0.2) is 0 Å². The van der Waals surface area contributed by atoms with Gasteiger partial charge in [0.05, 0.1) is 7.11 Å². The Kier molecular flexibility index (Phi) is 3.66. The lowest BCUT2D eigenvalue weighted by molar-refractivity contribution is 0.287. The van der Waals surface area contributed by atoms with Crippen molar-refractivity contribution in [2.45, 2.75) is 6.92 Å². The minimum absolute atomic E-state index is 0.271. The summed E-state index contributed by atoms with van der Waals surface area (Å²) in [5.41, 5.74) is 0.516. The lowest BCUT2D eigenvalue weighted by atomic mass is 9.82. The molecule has 70 valence electrons. The van der Waals surface area contributed by atoms with Crippen molar-refractivity contribution in [3.05, 3.63) is 12.4 Å². The van der Waals surface area contributed by atoms with Crippen LogP contribution in [0.4, 0.5) is 0 Å². The van der Waals surface area contributed by atoms with Crippen LogP contribution in [-0.4, -0.2) is 35.8 Å². The molecule has 13 heavy (non-hydrogen) atoms. The summed E-state index contributed by atoms with van der Waals surface area (Å²) < 4.78 is 9.70. The fourth-order valence-electron chi connectivity index (χ4n) is 0.813. The van der Waals surface area contributed by atoms with E-state index in [1.165, 1.54) is 19.5 Å². The molecular formula is C7H11BN2O3. The van der Waals surface area contributed by atoms with Crippen LogP contribution < -0.4 is 10.2 Å². The largest absolute Gasteiger partial charge is 0.494 e. The first kappa shape index (κ1) is 9.95. The molecule has 0 radical (unpaired) electrons. The van der Waals surface area contributed by atoms with Gasteiger partial charge < -0.3 is 14.4 Å². The molecule has 1 aromatic rings. The number of hydrogen-bond donors (Lipinski definition) is 1. The molecule has 0 aromatic carbocycles. The Morgan fingerprint density at radius 3 is 2.54 bits per heavy atom. The van der Waals surface area contributed by atoms with Crippen molar-refractivity contribution < 1.29 is 14.4 Å². The highest BCUT2D eigenvalue weighted by atomic mass is 16.5. The van der Waals surface area contributed by atoms with E-state index in [9.17, 15) is 5.02 Å². The molecular weight excluding hydrogens is 171 g/mol. The molecule has 5 nitrogen and oxygen atoms in total. The van der Waals surface area contributed by atoms with Gasteiger partial charge in [0.1, 0.15) is 0 Å². The molecule has 0 bridgehead atoms. The van der Waals surface area contributed by atoms with Gasteiger partial charge in [-0.25, -0.2) is 9.97 Å². The number of ether oxygens (including phenoxy) is 1. The van der Waals surface area contributed by atoms with Crippen molar-refractivity contribution >= 4 is 12.6 Å². The Hall–Kier alpha value is -1.14. The van der Waals surface area contributed by atoms with Crippen LogP contribution in [0.2, 0.25) is 0 Å². The van der Waals surface area contributed by atoms with Crippen molar-refractivity contribution in [1.82, 2.24) is 9.97 Å². The van der Waals surface area contributed by atoms with E-state index < -0.39 is 7.12 Å². The first-order valence-electron chi connectivity index (χ1n) is 3.93. The molecule has 6 heteroatoms. The topological polar surface area (TPSA) is 64.5 Å². The van der Waals surface area contributed by atoms with Crippen LogP contribution in [0.5, 0.6) is 6.01 Å². The number of methoxy groups -OCH3 is 1. The highest BCUT2D eigenvalue weighted by Gasteiger charge is 2.16. The predicted molar refractivity (Wildman–Crippen MR) is 47.8 cm³/mol. The van der Waals surface area contributed by atoms with Crippen LogP contribution in [0.3, 0.4) is 0 Å². The van der Waals surface area contributed by atoms with Gasteiger partial charge in [-0.15, -0.1) is 0 Å². The lowest BCUT2D eigenvalue weighted by Gasteiger charge is -2.04. The average molecular weight is 182 g/mol. The van der Waals surface area contributed by atoms with E-state index in [2.05, 4.69) is 9.97 Å². The number of hydrogen-bond acceptors (Lipinski definition) is 5. The second kappa shape index (κ2) is 4.79. The Labute approximate surface area is 76.9 Å². The molecule has 0 aliphatic rings. The summed E-state index contributed by atoms with van der Waals surface area (Å²) in [6, 6.07) is 0.271. The average Bonchev–Trinajstić information content (AvgIpc) is 2.18. The van der Waals surface area contributed by atoms with Crippen LogP contribution in [0.15, 0.2) is 12.4 Å². The summed E-state index contributed by atoms with van der Waals surface area (Å²) in [5.74, 6) is 0. The Bertz CT molecular complexity index is 254. The highest BCUT2D eigenvalue weighted by Crippen LogP contribution is 1.94. The molecule has 1 aromatic heterocycles. The maximum Gasteiger partial charge on any atom is 0.494 e. The van der Waals surface area contributed by atoms with E-state index >= 15 is 0 Å². The van der Waals surface area contributed by atoms with Crippen LogP contribution in [0.1, 0.15) is 6.92 Å². The molecule has 1 heterocycles. The van der Waals surface area contributed by atoms with Gasteiger partial charge in [-0.3, -0.25) is 0 Å². The standard InChI is InChI=1S/C7H11BN2O3/c1-3-13-8(11)6-4-9-7(12-2)10-5-6/h4-5,11H,3H2,1-2H3. The van der Waals surface area contributed by atoms with Gasteiger partial charge in [-0.1, -0.05) is 0 Å². The van der Waals surface area contributed by atoms with Gasteiger partial charge in [-0.05, 0) is 6.92 Å². The second-order valence-electron chi connectivity index (χ2n) is 2.31. The summed E-state index contributed by atoms with van der Waals surface area (Å²) in [7, 11) is 0.518. The van der Waals surface area contributed by atoms with Gasteiger partial charge in [-0.2, -0.15) is 0 Å². The zero-order chi connectivity index (χ0) is 9.68. The SMILES string of the molecule is CCOB(O)c1cnc(OC)nc1. The zero-order valence-electron chi connectivity index (χ0n) is 7.60. The summed E-state index contributed by atoms with van der Waals surface area (Å²) >= 11 is 0. The Morgan fingerprint density at radius 2 is 2.08 bits per heavy atom.